The average molecular weight is 573 g/mol. The molecule has 0 bridgehead atoms. The van der Waals surface area contributed by atoms with Crippen LogP contribution in [-0.2, 0) is 20.6 Å². The molecule has 0 aromatic heterocycles. The first-order chi connectivity index (χ1) is 16.3. The van der Waals surface area contributed by atoms with E-state index in [1.807, 2.05) is 0 Å². The number of rotatable bonds is 5. The Morgan fingerprint density at radius 2 is 1.24 bits per heavy atom. The Morgan fingerprint density at radius 3 is 1.70 bits per heavy atom. The summed E-state index contributed by atoms with van der Waals surface area (Å²) in [5.74, 6) is 0.919. The molecule has 37 heavy (non-hydrogen) atoms. The van der Waals surface area contributed by atoms with E-state index >= 15 is 0 Å². The van der Waals surface area contributed by atoms with Crippen molar-refractivity contribution < 1.29 is 18.5 Å². The molecule has 3 aromatic rings. The van der Waals surface area contributed by atoms with Gasteiger partial charge in [-0.3, -0.25) is 0 Å². The Morgan fingerprint density at radius 1 is 0.730 bits per heavy atom. The summed E-state index contributed by atoms with van der Waals surface area (Å²) in [6.45, 7) is 15.8. The summed E-state index contributed by atoms with van der Waals surface area (Å²) in [6, 6.07) is 28.4. The summed E-state index contributed by atoms with van der Waals surface area (Å²) in [4.78, 5) is 5.28. The molecule has 0 spiro atoms. The fourth-order valence-corrected chi connectivity index (χ4v) is 13.9. The van der Waals surface area contributed by atoms with Crippen LogP contribution in [0.3, 0.4) is 0 Å². The van der Waals surface area contributed by atoms with Crippen LogP contribution < -0.4 is 11.1 Å². The van der Waals surface area contributed by atoms with Gasteiger partial charge in [-0.05, 0) is 0 Å². The van der Waals surface area contributed by atoms with Gasteiger partial charge in [0.1, 0.15) is 0 Å². The summed E-state index contributed by atoms with van der Waals surface area (Å²) in [6.07, 6.45) is 5.49. The van der Waals surface area contributed by atoms with Crippen molar-refractivity contribution in [1.82, 2.24) is 0 Å². The molecule has 0 saturated heterocycles. The average Bonchev–Trinajstić information content (AvgIpc) is 3.31. The SMILES string of the molecule is Cl.Cl.[CH2]=[Ti]([O]c1cc(C)cc(C(C)(C)C)c1)([C]1=C(C(C)(C)C)C=CC1)([c]1ccccc1)[c]1ccccc1. The molecular weight excluding hydrogens is 531 g/mol. The zero-order valence-electron chi connectivity index (χ0n) is 23.3. The summed E-state index contributed by atoms with van der Waals surface area (Å²) >= 11 is -4.57. The first kappa shape index (κ1) is 31.3. The minimum absolute atomic E-state index is 0. The molecular formula is C33H42Cl2OTi. The molecule has 0 amide bonds. The van der Waals surface area contributed by atoms with Gasteiger partial charge >= 0.3 is 214 Å². The quantitative estimate of drug-likeness (QED) is 0.278. The molecule has 0 unspecified atom stereocenters. The fourth-order valence-electron chi connectivity index (χ4n) is 5.48. The maximum absolute atomic E-state index is 7.57. The summed E-state index contributed by atoms with van der Waals surface area (Å²) in [5.41, 5.74) is 3.87. The van der Waals surface area contributed by atoms with Gasteiger partial charge in [-0.1, -0.05) is 0 Å². The van der Waals surface area contributed by atoms with Crippen LogP contribution in [-0.4, -0.2) is 4.82 Å². The van der Waals surface area contributed by atoms with Crippen LogP contribution in [0.1, 0.15) is 59.1 Å². The molecule has 1 aliphatic carbocycles. The van der Waals surface area contributed by atoms with Gasteiger partial charge in [-0.2, -0.15) is 0 Å². The van der Waals surface area contributed by atoms with Crippen molar-refractivity contribution in [3.8, 4) is 5.75 Å². The Bertz CT molecular complexity index is 1310. The zero-order chi connectivity index (χ0) is 25.5. The van der Waals surface area contributed by atoms with E-state index in [0.29, 0.717) is 0 Å². The van der Waals surface area contributed by atoms with Crippen molar-refractivity contribution in [3.05, 3.63) is 112 Å². The summed E-state index contributed by atoms with van der Waals surface area (Å²) < 4.78 is 11.4. The molecule has 4 rings (SSSR count). The van der Waals surface area contributed by atoms with Gasteiger partial charge in [0.15, 0.2) is 0 Å². The van der Waals surface area contributed by atoms with E-state index in [2.05, 4.69) is 139 Å². The molecule has 1 nitrogen and oxygen atoms in total. The molecule has 0 aliphatic heterocycles. The third-order valence-electron chi connectivity index (χ3n) is 7.41. The van der Waals surface area contributed by atoms with Crippen LogP contribution in [0.5, 0.6) is 5.75 Å². The van der Waals surface area contributed by atoms with Crippen LogP contribution in [0.25, 0.3) is 0 Å². The fraction of sp³-hybridized carbons (Fsp3) is 0.303. The molecule has 0 fully saturated rings. The van der Waals surface area contributed by atoms with Gasteiger partial charge in [0.25, 0.3) is 0 Å². The van der Waals surface area contributed by atoms with Crippen LogP contribution >= 0.6 is 24.8 Å². The second-order valence-corrected chi connectivity index (χ2v) is 19.5. The molecule has 0 heterocycles. The molecule has 0 atom stereocenters. The molecule has 0 N–H and O–H groups in total. The number of hydrogen-bond acceptors (Lipinski definition) is 1. The molecule has 198 valence electrons. The van der Waals surface area contributed by atoms with Crippen molar-refractivity contribution in [3.63, 3.8) is 0 Å². The number of aryl methyl sites for hydroxylation is 1. The Balaban J connectivity index is 0.00000241. The van der Waals surface area contributed by atoms with E-state index < -0.39 is 15.2 Å². The van der Waals surface area contributed by atoms with Crippen LogP contribution in [0.15, 0.2) is 100 Å². The number of allylic oxidation sites excluding steroid dienone is 4. The summed E-state index contributed by atoms with van der Waals surface area (Å²) in [5, 5.41) is 0. The first-order valence-electron chi connectivity index (χ1n) is 12.7. The van der Waals surface area contributed by atoms with Gasteiger partial charge < -0.3 is 0 Å². The zero-order valence-corrected chi connectivity index (χ0v) is 26.5. The number of benzene rings is 3. The van der Waals surface area contributed by atoms with E-state index in [1.54, 1.807) is 0 Å². The predicted octanol–water partition coefficient (Wildman–Crippen LogP) is 8.46. The van der Waals surface area contributed by atoms with Gasteiger partial charge in [-0.15, -0.1) is 24.8 Å². The van der Waals surface area contributed by atoms with Crippen LogP contribution in [0.4, 0.5) is 0 Å². The van der Waals surface area contributed by atoms with E-state index in [-0.39, 0.29) is 35.6 Å². The van der Waals surface area contributed by atoms with Gasteiger partial charge in [0.05, 0.1) is 0 Å². The van der Waals surface area contributed by atoms with Crippen molar-refractivity contribution in [2.24, 2.45) is 5.41 Å². The third-order valence-corrected chi connectivity index (χ3v) is 16.1. The van der Waals surface area contributed by atoms with E-state index in [1.165, 1.54) is 28.3 Å². The van der Waals surface area contributed by atoms with Gasteiger partial charge in [0, 0.05) is 0 Å². The van der Waals surface area contributed by atoms with Crippen molar-refractivity contribution in [2.75, 3.05) is 0 Å². The molecule has 4 heteroatoms. The van der Waals surface area contributed by atoms with E-state index in [9.17, 15) is 0 Å². The monoisotopic (exact) mass is 572 g/mol. The normalized spacial score (nSPS) is 14.2. The van der Waals surface area contributed by atoms with Gasteiger partial charge in [0.2, 0.25) is 0 Å². The molecule has 0 saturated carbocycles. The Kier molecular flexibility index (Phi) is 9.37. The summed E-state index contributed by atoms with van der Waals surface area (Å²) in [7, 11) is 0. The molecule has 0 radical (unpaired) electrons. The number of hydrogen-bond donors (Lipinski definition) is 0. The topological polar surface area (TPSA) is 9.23 Å². The van der Waals surface area contributed by atoms with Crippen LogP contribution in [0.2, 0.25) is 0 Å². The third kappa shape index (κ3) is 5.76. The standard InChI is InChI=1S/C11H16O.C9H13.2C6H5.CH2.2ClH.Ti/c1-8-5-9(11(2,3)4)7-10(12)6-8;1-9(2,3)8-6-4-5-7-8;2*1-2-4-6-5-3-1;;;;/h5-7,12H,1-4H3;4,6H,5H2,1-3H3;2*1-5H;1H2;2*1H;/q;;;;;;;+1/p-1. The first-order valence-corrected chi connectivity index (χ1v) is 16.8. The van der Waals surface area contributed by atoms with E-state index in [4.69, 9.17) is 8.14 Å². The molecule has 3 aromatic carbocycles. The number of halogens is 2. The van der Waals surface area contributed by atoms with Crippen molar-refractivity contribution in [1.29, 1.82) is 0 Å². The second-order valence-electron chi connectivity index (χ2n) is 12.2. The van der Waals surface area contributed by atoms with Gasteiger partial charge in [-0.25, -0.2) is 0 Å². The second kappa shape index (κ2) is 11.1. The Hall–Kier alpha value is -1.90. The molecule has 1 aliphatic rings. The van der Waals surface area contributed by atoms with Crippen LogP contribution in [0, 0.1) is 12.3 Å². The predicted molar refractivity (Wildman–Crippen MR) is 165 cm³/mol. The van der Waals surface area contributed by atoms with Crippen molar-refractivity contribution in [2.45, 2.75) is 60.3 Å². The van der Waals surface area contributed by atoms with Crippen molar-refractivity contribution >= 4 is 37.4 Å². The minimum atomic E-state index is -4.57. The maximum atomic E-state index is 7.57. The van der Waals surface area contributed by atoms with E-state index in [0.717, 1.165) is 12.2 Å². The Labute approximate surface area is 237 Å².